The Kier molecular flexibility index (Phi) is 4.18. The van der Waals surface area contributed by atoms with Gasteiger partial charge < -0.3 is 9.47 Å². The van der Waals surface area contributed by atoms with Crippen molar-refractivity contribution in [1.82, 2.24) is 0 Å². The average molecular weight is 162 g/mol. The molecule has 0 unspecified atom stereocenters. The summed E-state index contributed by atoms with van der Waals surface area (Å²) in [6.07, 6.45) is 1.09. The highest BCUT2D eigenvalue weighted by atomic mass is 32.2. The Morgan fingerprint density at radius 1 is 1.70 bits per heavy atom. The van der Waals surface area contributed by atoms with E-state index in [1.165, 1.54) is 0 Å². The number of rotatable bonds is 4. The summed E-state index contributed by atoms with van der Waals surface area (Å²) in [4.78, 5) is 0. The quantitative estimate of drug-likeness (QED) is 0.584. The van der Waals surface area contributed by atoms with Gasteiger partial charge in [0.2, 0.25) is 0 Å². The molecule has 0 aromatic rings. The second-order valence-corrected chi connectivity index (χ2v) is 3.51. The van der Waals surface area contributed by atoms with Crippen molar-refractivity contribution in [2.24, 2.45) is 0 Å². The lowest BCUT2D eigenvalue weighted by Gasteiger charge is -2.07. The molecule has 1 aliphatic heterocycles. The van der Waals surface area contributed by atoms with Crippen LogP contribution in [0.1, 0.15) is 13.3 Å². The lowest BCUT2D eigenvalue weighted by Crippen LogP contribution is -2.11. The van der Waals surface area contributed by atoms with Crippen molar-refractivity contribution >= 4 is 11.8 Å². The standard InChI is InChI=1S/C7H14O2S/c1-2-3-8-6-7-9-4-5-10-7/h7H,2-6H2,1H3/t7-/m1/s1. The molecule has 1 heterocycles. The van der Waals surface area contributed by atoms with E-state index in [1.54, 1.807) is 0 Å². The van der Waals surface area contributed by atoms with E-state index in [9.17, 15) is 0 Å². The minimum atomic E-state index is 0.312. The lowest BCUT2D eigenvalue weighted by atomic mass is 10.5. The van der Waals surface area contributed by atoms with Crippen LogP contribution in [-0.4, -0.2) is 31.0 Å². The fraction of sp³-hybridized carbons (Fsp3) is 1.00. The van der Waals surface area contributed by atoms with Gasteiger partial charge in [-0.2, -0.15) is 0 Å². The Morgan fingerprint density at radius 2 is 2.60 bits per heavy atom. The zero-order valence-electron chi connectivity index (χ0n) is 6.34. The van der Waals surface area contributed by atoms with E-state index in [0.29, 0.717) is 5.44 Å². The van der Waals surface area contributed by atoms with E-state index in [0.717, 1.165) is 32.0 Å². The normalized spacial score (nSPS) is 25.5. The summed E-state index contributed by atoms with van der Waals surface area (Å²) in [6, 6.07) is 0. The Hall–Kier alpha value is 0.270. The number of thioether (sulfide) groups is 1. The smallest absolute Gasteiger partial charge is 0.126 e. The molecule has 10 heavy (non-hydrogen) atoms. The van der Waals surface area contributed by atoms with E-state index < -0.39 is 0 Å². The van der Waals surface area contributed by atoms with Crippen LogP contribution in [0.25, 0.3) is 0 Å². The Bertz CT molecular complexity index is 81.7. The predicted molar refractivity (Wildman–Crippen MR) is 43.3 cm³/mol. The molecular formula is C7H14O2S. The van der Waals surface area contributed by atoms with Gasteiger partial charge in [0.05, 0.1) is 13.2 Å². The van der Waals surface area contributed by atoms with E-state index in [2.05, 4.69) is 6.92 Å². The molecule has 1 fully saturated rings. The van der Waals surface area contributed by atoms with Gasteiger partial charge >= 0.3 is 0 Å². The third-order valence-electron chi connectivity index (χ3n) is 1.29. The molecule has 1 saturated heterocycles. The minimum absolute atomic E-state index is 0.312. The monoisotopic (exact) mass is 162 g/mol. The van der Waals surface area contributed by atoms with Crippen molar-refractivity contribution in [1.29, 1.82) is 0 Å². The van der Waals surface area contributed by atoms with Crippen LogP contribution < -0.4 is 0 Å². The molecule has 0 aliphatic carbocycles. The van der Waals surface area contributed by atoms with E-state index in [-0.39, 0.29) is 0 Å². The summed E-state index contributed by atoms with van der Waals surface area (Å²) in [5, 5.41) is 0. The van der Waals surface area contributed by atoms with Crippen LogP contribution in [-0.2, 0) is 9.47 Å². The third kappa shape index (κ3) is 2.90. The van der Waals surface area contributed by atoms with Crippen LogP contribution in [0.3, 0.4) is 0 Å². The third-order valence-corrected chi connectivity index (χ3v) is 2.34. The van der Waals surface area contributed by atoms with Gasteiger partial charge in [-0.05, 0) is 6.42 Å². The van der Waals surface area contributed by atoms with Gasteiger partial charge in [0, 0.05) is 12.4 Å². The molecule has 1 atom stereocenters. The molecule has 3 heteroatoms. The average Bonchev–Trinajstić information content (AvgIpc) is 2.41. The van der Waals surface area contributed by atoms with E-state index >= 15 is 0 Å². The summed E-state index contributed by atoms with van der Waals surface area (Å²) >= 11 is 1.85. The second kappa shape index (κ2) is 4.99. The molecule has 0 amide bonds. The van der Waals surface area contributed by atoms with Crippen LogP contribution in [0.4, 0.5) is 0 Å². The zero-order chi connectivity index (χ0) is 7.23. The number of ether oxygens (including phenoxy) is 2. The summed E-state index contributed by atoms with van der Waals surface area (Å²) in [5.74, 6) is 1.13. The van der Waals surface area contributed by atoms with Crippen LogP contribution in [0.5, 0.6) is 0 Å². The van der Waals surface area contributed by atoms with Crippen molar-refractivity contribution in [2.75, 3.05) is 25.6 Å². The minimum Gasteiger partial charge on any atom is -0.378 e. The van der Waals surface area contributed by atoms with Crippen LogP contribution in [0.2, 0.25) is 0 Å². The van der Waals surface area contributed by atoms with Gasteiger partial charge in [0.1, 0.15) is 5.44 Å². The molecule has 60 valence electrons. The lowest BCUT2D eigenvalue weighted by molar-refractivity contribution is 0.0442. The molecule has 1 aliphatic rings. The van der Waals surface area contributed by atoms with E-state index in [1.807, 2.05) is 11.8 Å². The van der Waals surface area contributed by atoms with Gasteiger partial charge in [-0.25, -0.2) is 0 Å². The van der Waals surface area contributed by atoms with E-state index in [4.69, 9.17) is 9.47 Å². The van der Waals surface area contributed by atoms with Crippen LogP contribution in [0.15, 0.2) is 0 Å². The van der Waals surface area contributed by atoms with Gasteiger partial charge in [-0.3, -0.25) is 0 Å². The molecule has 0 aromatic carbocycles. The second-order valence-electron chi connectivity index (χ2n) is 2.25. The Labute approximate surface area is 66.3 Å². The van der Waals surface area contributed by atoms with Crippen molar-refractivity contribution < 1.29 is 9.47 Å². The summed E-state index contributed by atoms with van der Waals surface area (Å²) in [6.45, 7) is 4.63. The van der Waals surface area contributed by atoms with Crippen LogP contribution >= 0.6 is 11.8 Å². The highest BCUT2D eigenvalue weighted by molar-refractivity contribution is 8.00. The summed E-state index contributed by atoms with van der Waals surface area (Å²) in [7, 11) is 0. The molecular weight excluding hydrogens is 148 g/mol. The first-order chi connectivity index (χ1) is 4.93. The maximum absolute atomic E-state index is 5.34. The largest absolute Gasteiger partial charge is 0.378 e. The van der Waals surface area contributed by atoms with Gasteiger partial charge in [0.25, 0.3) is 0 Å². The number of hydrogen-bond donors (Lipinski definition) is 0. The summed E-state index contributed by atoms with van der Waals surface area (Å²) in [5.41, 5.74) is 0.312. The molecule has 1 rings (SSSR count). The highest BCUT2D eigenvalue weighted by Crippen LogP contribution is 2.19. The zero-order valence-corrected chi connectivity index (χ0v) is 7.15. The van der Waals surface area contributed by atoms with Gasteiger partial charge in [-0.15, -0.1) is 11.8 Å². The first-order valence-electron chi connectivity index (χ1n) is 3.74. The maximum atomic E-state index is 5.34. The predicted octanol–water partition coefficient (Wildman–Crippen LogP) is 1.50. The fourth-order valence-corrected chi connectivity index (χ4v) is 1.67. The SMILES string of the molecule is CCCOC[C@@H]1OCCS1. The topological polar surface area (TPSA) is 18.5 Å². The molecule has 0 N–H and O–H groups in total. The van der Waals surface area contributed by atoms with Gasteiger partial charge in [0.15, 0.2) is 0 Å². The summed E-state index contributed by atoms with van der Waals surface area (Å²) < 4.78 is 10.7. The van der Waals surface area contributed by atoms with Gasteiger partial charge in [-0.1, -0.05) is 6.92 Å². The van der Waals surface area contributed by atoms with Crippen molar-refractivity contribution in [3.63, 3.8) is 0 Å². The highest BCUT2D eigenvalue weighted by Gasteiger charge is 2.15. The molecule has 0 radical (unpaired) electrons. The molecule has 0 saturated carbocycles. The van der Waals surface area contributed by atoms with Crippen LogP contribution in [0, 0.1) is 0 Å². The van der Waals surface area contributed by atoms with Crippen molar-refractivity contribution in [3.05, 3.63) is 0 Å². The number of hydrogen-bond acceptors (Lipinski definition) is 3. The van der Waals surface area contributed by atoms with Crippen molar-refractivity contribution in [3.8, 4) is 0 Å². The molecule has 0 bridgehead atoms. The Morgan fingerprint density at radius 3 is 3.20 bits per heavy atom. The first kappa shape index (κ1) is 8.37. The fourth-order valence-electron chi connectivity index (χ4n) is 0.827. The molecule has 0 aromatic heterocycles. The molecule has 2 nitrogen and oxygen atoms in total. The Balaban J connectivity index is 1.91. The maximum Gasteiger partial charge on any atom is 0.126 e. The first-order valence-corrected chi connectivity index (χ1v) is 4.79. The molecule has 0 spiro atoms. The van der Waals surface area contributed by atoms with Crippen molar-refractivity contribution in [2.45, 2.75) is 18.8 Å².